The Morgan fingerprint density at radius 2 is 2.35 bits per heavy atom. The lowest BCUT2D eigenvalue weighted by atomic mass is 10.2. The average molecular weight is 290 g/mol. The molecular weight excluding hydrogens is 272 g/mol. The molecule has 2 heterocycles. The van der Waals surface area contributed by atoms with E-state index in [0.29, 0.717) is 17.6 Å². The summed E-state index contributed by atoms with van der Waals surface area (Å²) in [6.07, 6.45) is 4.06. The number of rotatable bonds is 5. The van der Waals surface area contributed by atoms with Crippen molar-refractivity contribution in [2.75, 3.05) is 4.90 Å². The predicted octanol–water partition coefficient (Wildman–Crippen LogP) is 2.12. The summed E-state index contributed by atoms with van der Waals surface area (Å²) >= 11 is 5.20. The molecule has 1 aliphatic rings. The van der Waals surface area contributed by atoms with Gasteiger partial charge in [-0.25, -0.2) is 0 Å². The molecular formula is C14H18N4OS. The van der Waals surface area contributed by atoms with Crippen LogP contribution in [0.2, 0.25) is 0 Å². The van der Waals surface area contributed by atoms with E-state index in [0.717, 1.165) is 22.8 Å². The van der Waals surface area contributed by atoms with Crippen LogP contribution in [0, 0.1) is 6.92 Å². The van der Waals surface area contributed by atoms with Gasteiger partial charge in [0.05, 0.1) is 24.1 Å². The van der Waals surface area contributed by atoms with Crippen molar-refractivity contribution in [2.45, 2.75) is 32.4 Å². The van der Waals surface area contributed by atoms with Crippen LogP contribution in [0.4, 0.5) is 5.82 Å². The third-order valence-electron chi connectivity index (χ3n) is 3.60. The van der Waals surface area contributed by atoms with E-state index >= 15 is 0 Å². The normalized spacial score (nSPS) is 14.5. The van der Waals surface area contributed by atoms with E-state index in [1.165, 1.54) is 12.8 Å². The maximum atomic E-state index is 5.89. The number of aromatic nitrogens is 2. The molecule has 1 aliphatic carbocycles. The fraction of sp³-hybridized carbons (Fsp3) is 0.429. The van der Waals surface area contributed by atoms with Gasteiger partial charge in [-0.1, -0.05) is 12.2 Å². The molecule has 0 saturated heterocycles. The molecule has 5 nitrogen and oxygen atoms in total. The number of aryl methyl sites for hydroxylation is 2. The molecule has 106 valence electrons. The van der Waals surface area contributed by atoms with E-state index in [-0.39, 0.29) is 0 Å². The SMILES string of the molecule is Cc1nn(C)c(N(Cc2ccco2)C2CC2)c1C(N)=S. The first-order valence-corrected chi connectivity index (χ1v) is 7.11. The Morgan fingerprint density at radius 1 is 1.60 bits per heavy atom. The zero-order valence-electron chi connectivity index (χ0n) is 11.7. The second-order valence-corrected chi connectivity index (χ2v) is 5.65. The highest BCUT2D eigenvalue weighted by molar-refractivity contribution is 7.80. The second kappa shape index (κ2) is 4.94. The molecule has 0 spiro atoms. The van der Waals surface area contributed by atoms with E-state index in [2.05, 4.69) is 10.00 Å². The van der Waals surface area contributed by atoms with Crippen molar-refractivity contribution in [1.29, 1.82) is 0 Å². The Bertz CT molecular complexity index is 628. The summed E-state index contributed by atoms with van der Waals surface area (Å²) in [6.45, 7) is 2.65. The zero-order valence-corrected chi connectivity index (χ0v) is 12.5. The second-order valence-electron chi connectivity index (χ2n) is 5.21. The van der Waals surface area contributed by atoms with Gasteiger partial charge in [-0.2, -0.15) is 5.10 Å². The average Bonchev–Trinajstić information content (AvgIpc) is 3.01. The van der Waals surface area contributed by atoms with E-state index in [9.17, 15) is 0 Å². The minimum absolute atomic E-state index is 0.399. The molecule has 0 bridgehead atoms. The van der Waals surface area contributed by atoms with E-state index in [4.69, 9.17) is 22.4 Å². The third-order valence-corrected chi connectivity index (χ3v) is 3.81. The summed E-state index contributed by atoms with van der Waals surface area (Å²) in [5.74, 6) is 1.93. The topological polar surface area (TPSA) is 60.2 Å². The number of nitrogens with zero attached hydrogens (tertiary/aromatic N) is 3. The summed E-state index contributed by atoms with van der Waals surface area (Å²) < 4.78 is 7.34. The molecule has 1 fully saturated rings. The Labute approximate surface area is 123 Å². The lowest BCUT2D eigenvalue weighted by molar-refractivity contribution is 0.498. The van der Waals surface area contributed by atoms with Gasteiger partial charge in [0.1, 0.15) is 16.6 Å². The molecule has 3 rings (SSSR count). The first-order chi connectivity index (χ1) is 9.58. The van der Waals surface area contributed by atoms with Crippen LogP contribution >= 0.6 is 12.2 Å². The van der Waals surface area contributed by atoms with Crippen LogP contribution in [-0.4, -0.2) is 20.8 Å². The molecule has 20 heavy (non-hydrogen) atoms. The van der Waals surface area contributed by atoms with Crippen LogP contribution in [0.25, 0.3) is 0 Å². The van der Waals surface area contributed by atoms with Gasteiger partial charge in [-0.05, 0) is 31.9 Å². The summed E-state index contributed by atoms with van der Waals surface area (Å²) in [5, 5.41) is 4.47. The van der Waals surface area contributed by atoms with E-state index in [1.807, 2.05) is 30.8 Å². The highest BCUT2D eigenvalue weighted by atomic mass is 32.1. The van der Waals surface area contributed by atoms with Gasteiger partial charge < -0.3 is 15.1 Å². The molecule has 6 heteroatoms. The highest BCUT2D eigenvalue weighted by Gasteiger charge is 2.34. The van der Waals surface area contributed by atoms with Gasteiger partial charge in [-0.15, -0.1) is 0 Å². The molecule has 0 amide bonds. The van der Waals surface area contributed by atoms with Crippen LogP contribution < -0.4 is 10.6 Å². The quantitative estimate of drug-likeness (QED) is 0.855. The van der Waals surface area contributed by atoms with Gasteiger partial charge in [0.2, 0.25) is 0 Å². The maximum absolute atomic E-state index is 5.89. The molecule has 0 unspecified atom stereocenters. The first-order valence-electron chi connectivity index (χ1n) is 6.70. The summed E-state index contributed by atoms with van der Waals surface area (Å²) in [5.41, 5.74) is 7.64. The number of nitrogens with two attached hydrogens (primary N) is 1. The van der Waals surface area contributed by atoms with Gasteiger partial charge in [0.15, 0.2) is 0 Å². The Morgan fingerprint density at radius 3 is 2.90 bits per heavy atom. The van der Waals surface area contributed by atoms with E-state index < -0.39 is 0 Å². The van der Waals surface area contributed by atoms with Gasteiger partial charge in [0.25, 0.3) is 0 Å². The van der Waals surface area contributed by atoms with Crippen molar-refractivity contribution in [2.24, 2.45) is 12.8 Å². The first kappa shape index (κ1) is 13.2. The molecule has 2 aromatic heterocycles. The third kappa shape index (κ3) is 2.31. The van der Waals surface area contributed by atoms with Crippen molar-refractivity contribution in [1.82, 2.24) is 9.78 Å². The van der Waals surface area contributed by atoms with Crippen LogP contribution in [0.1, 0.15) is 29.9 Å². The smallest absolute Gasteiger partial charge is 0.137 e. The minimum atomic E-state index is 0.399. The molecule has 0 aliphatic heterocycles. The number of furan rings is 1. The van der Waals surface area contributed by atoms with Gasteiger partial charge in [0, 0.05) is 13.1 Å². The monoisotopic (exact) mass is 290 g/mol. The molecule has 0 radical (unpaired) electrons. The largest absolute Gasteiger partial charge is 0.467 e. The van der Waals surface area contributed by atoms with Crippen molar-refractivity contribution in [3.63, 3.8) is 0 Å². The summed E-state index contributed by atoms with van der Waals surface area (Å²) in [6, 6.07) is 4.41. The molecule has 1 saturated carbocycles. The Balaban J connectivity index is 2.01. The standard InChI is InChI=1S/C14H18N4OS/c1-9-12(13(15)20)14(17(2)16-9)18(10-5-6-10)8-11-4-3-7-19-11/h3-4,7,10H,5-6,8H2,1-2H3,(H2,15,20). The minimum Gasteiger partial charge on any atom is -0.467 e. The van der Waals surface area contributed by atoms with Crippen LogP contribution in [0.5, 0.6) is 0 Å². The number of anilines is 1. The van der Waals surface area contributed by atoms with Gasteiger partial charge in [-0.3, -0.25) is 4.68 Å². The fourth-order valence-electron chi connectivity index (χ4n) is 2.60. The van der Waals surface area contributed by atoms with Crippen LogP contribution in [0.15, 0.2) is 22.8 Å². The maximum Gasteiger partial charge on any atom is 0.137 e. The molecule has 0 atom stereocenters. The Hall–Kier alpha value is -1.82. The van der Waals surface area contributed by atoms with Gasteiger partial charge >= 0.3 is 0 Å². The lowest BCUT2D eigenvalue weighted by Crippen LogP contribution is -2.29. The van der Waals surface area contributed by atoms with Crippen LogP contribution in [-0.2, 0) is 13.6 Å². The van der Waals surface area contributed by atoms with Crippen LogP contribution in [0.3, 0.4) is 0 Å². The number of hydrogen-bond donors (Lipinski definition) is 1. The fourth-order valence-corrected chi connectivity index (χ4v) is 2.84. The van der Waals surface area contributed by atoms with Crippen molar-refractivity contribution >= 4 is 23.0 Å². The molecule has 2 aromatic rings. The number of hydrogen-bond acceptors (Lipinski definition) is 4. The zero-order chi connectivity index (χ0) is 14.3. The van der Waals surface area contributed by atoms with Crippen molar-refractivity contribution in [3.8, 4) is 0 Å². The Kier molecular flexibility index (Phi) is 3.25. The molecule has 0 aromatic carbocycles. The summed E-state index contributed by atoms with van der Waals surface area (Å²) in [7, 11) is 1.93. The molecule has 2 N–H and O–H groups in total. The van der Waals surface area contributed by atoms with E-state index in [1.54, 1.807) is 6.26 Å². The summed E-state index contributed by atoms with van der Waals surface area (Å²) in [4.78, 5) is 2.70. The predicted molar refractivity (Wildman–Crippen MR) is 81.7 cm³/mol. The van der Waals surface area contributed by atoms with Crippen molar-refractivity contribution in [3.05, 3.63) is 35.4 Å². The number of thiocarbonyl (C=S) groups is 1. The lowest BCUT2D eigenvalue weighted by Gasteiger charge is -2.24. The highest BCUT2D eigenvalue weighted by Crippen LogP contribution is 2.35. The van der Waals surface area contributed by atoms with Crippen molar-refractivity contribution < 1.29 is 4.42 Å².